The molecule has 0 bridgehead atoms. The lowest BCUT2D eigenvalue weighted by Crippen LogP contribution is -2.74. The van der Waals surface area contributed by atoms with E-state index in [9.17, 15) is 23.6 Å². The number of ether oxygens (including phenoxy) is 2. The number of carbonyl (C=O) groups is 2. The molecule has 3 aliphatic heterocycles. The van der Waals surface area contributed by atoms with Gasteiger partial charge in [-0.05, 0) is 105 Å². The predicted molar refractivity (Wildman–Crippen MR) is 276 cm³/mol. The number of amides is 2. The number of nitrogens with zero attached hydrogens (tertiary/aromatic N) is 10. The average Bonchev–Trinajstić information content (AvgIpc) is 4.00. The highest BCUT2D eigenvalue weighted by molar-refractivity contribution is 6.31. The zero-order valence-corrected chi connectivity index (χ0v) is 44.0. The van der Waals surface area contributed by atoms with Gasteiger partial charge in [0.25, 0.3) is 12.3 Å². The normalized spacial score (nSPS) is 25.4. The van der Waals surface area contributed by atoms with Crippen LogP contribution < -0.4 is 19.7 Å². The zero-order valence-electron chi connectivity index (χ0n) is 43.2. The van der Waals surface area contributed by atoms with Gasteiger partial charge in [-0.3, -0.25) is 19.0 Å². The highest BCUT2D eigenvalue weighted by Crippen LogP contribution is 2.56. The first-order valence-electron chi connectivity index (χ1n) is 26.4. The van der Waals surface area contributed by atoms with E-state index in [0.29, 0.717) is 65.1 Å². The molecule has 6 heterocycles. The molecule has 3 saturated carbocycles. The van der Waals surface area contributed by atoms with Crippen LogP contribution in [0.1, 0.15) is 143 Å². The van der Waals surface area contributed by atoms with Crippen LogP contribution in [0.2, 0.25) is 5.02 Å². The fourth-order valence-electron chi connectivity index (χ4n) is 14.0. The molecule has 15 nitrogen and oxygen atoms in total. The lowest BCUT2D eigenvalue weighted by atomic mass is 9.49. The van der Waals surface area contributed by atoms with Crippen molar-refractivity contribution in [3.63, 3.8) is 0 Å². The van der Waals surface area contributed by atoms with E-state index in [1.54, 1.807) is 55.3 Å². The average molecular weight is 1030 g/mol. The standard InChI is InChI=1S/C56H66ClF2N11O4/c1-33(71)68-21-15-46-44(32-68)49(69-18-7-8-34-22-42(37-30-63-66(6)31-37)43(48(58)59)24-47(34)69)65-70(46)39-13-19-67(20-14-39)38-11-16-56(17-12-38)25-41(26-56)74-53-61-28-36(29-62-53)50(72)64-51-54(2,3)52(55(51,4)5)73-40-10-9-35(27-60)45(57)23-40/h9-10,22-24,28-31,38-39,41,48,51-52H,7-8,11-21,25-26,32H2,1-6H3,(H,64,72). The first-order chi connectivity index (χ1) is 35.4. The molecule has 2 aromatic carbocycles. The minimum Gasteiger partial charge on any atom is -0.489 e. The second-order valence-corrected chi connectivity index (χ2v) is 23.5. The number of hydrogen-bond donors (Lipinski definition) is 1. The number of likely N-dealkylation sites (tertiary alicyclic amines) is 1. The molecule has 1 saturated heterocycles. The number of carbonyl (C=O) groups excluding carboxylic acids is 2. The summed E-state index contributed by atoms with van der Waals surface area (Å²) in [7, 11) is 1.79. The van der Waals surface area contributed by atoms with Crippen molar-refractivity contribution in [1.82, 2.24) is 44.6 Å². The summed E-state index contributed by atoms with van der Waals surface area (Å²) in [5, 5.41) is 22.5. The van der Waals surface area contributed by atoms with E-state index in [4.69, 9.17) is 26.2 Å². The maximum Gasteiger partial charge on any atom is 0.316 e. The fourth-order valence-corrected chi connectivity index (χ4v) is 14.2. The minimum atomic E-state index is -2.66. The number of aryl methyl sites for hydroxylation is 2. The van der Waals surface area contributed by atoms with Crippen LogP contribution in [0.5, 0.6) is 11.8 Å². The molecule has 3 aliphatic carbocycles. The third kappa shape index (κ3) is 9.07. The summed E-state index contributed by atoms with van der Waals surface area (Å²) < 4.78 is 46.1. The first kappa shape index (κ1) is 50.1. The van der Waals surface area contributed by atoms with E-state index >= 15 is 0 Å². The van der Waals surface area contributed by atoms with E-state index in [2.05, 4.69) is 68.6 Å². The van der Waals surface area contributed by atoms with Crippen molar-refractivity contribution in [3.8, 4) is 29.0 Å². The third-order valence-corrected chi connectivity index (χ3v) is 18.0. The Morgan fingerprint density at radius 1 is 0.919 bits per heavy atom. The Kier molecular flexibility index (Phi) is 13.0. The second-order valence-electron chi connectivity index (χ2n) is 23.1. The van der Waals surface area contributed by atoms with Crippen molar-refractivity contribution in [2.24, 2.45) is 23.3 Å². The molecule has 18 heteroatoms. The molecule has 4 fully saturated rings. The number of alkyl halides is 2. The molecular weight excluding hydrogens is 964 g/mol. The number of rotatable bonds is 11. The zero-order chi connectivity index (χ0) is 51.8. The van der Waals surface area contributed by atoms with E-state index in [-0.39, 0.29) is 53.1 Å². The van der Waals surface area contributed by atoms with Crippen LogP contribution in [-0.4, -0.2) is 102 Å². The van der Waals surface area contributed by atoms with Gasteiger partial charge < -0.3 is 29.5 Å². The summed E-state index contributed by atoms with van der Waals surface area (Å²) in [6.07, 6.45) is 14.6. The van der Waals surface area contributed by atoms with Crippen LogP contribution in [0.25, 0.3) is 11.1 Å². The van der Waals surface area contributed by atoms with Crippen LogP contribution in [0, 0.1) is 27.6 Å². The Hall–Kier alpha value is -6.12. The molecule has 6 aliphatic rings. The lowest BCUT2D eigenvalue weighted by Gasteiger charge is -2.63. The molecule has 2 amide bonds. The monoisotopic (exact) mass is 1030 g/mol. The summed E-state index contributed by atoms with van der Waals surface area (Å²) in [6, 6.07) is 11.6. The molecule has 1 N–H and O–H groups in total. The van der Waals surface area contributed by atoms with Gasteiger partial charge in [0, 0.05) is 122 Å². The molecule has 1 spiro atoms. The Morgan fingerprint density at radius 3 is 2.30 bits per heavy atom. The maximum atomic E-state index is 14.8. The highest BCUT2D eigenvalue weighted by atomic mass is 35.5. The number of nitriles is 1. The number of halogens is 3. The molecule has 0 radical (unpaired) electrons. The number of fused-ring (bicyclic) bond motifs is 2. The van der Waals surface area contributed by atoms with Gasteiger partial charge in [0.05, 0.1) is 34.9 Å². The largest absolute Gasteiger partial charge is 0.489 e. The van der Waals surface area contributed by atoms with E-state index in [0.717, 1.165) is 99.9 Å². The summed E-state index contributed by atoms with van der Waals surface area (Å²) in [4.78, 5) is 41.9. The summed E-state index contributed by atoms with van der Waals surface area (Å²) in [6.45, 7) is 13.6. The molecular formula is C56H66ClF2N11O4. The number of aromatic nitrogens is 6. The molecule has 0 unspecified atom stereocenters. The van der Waals surface area contributed by atoms with E-state index in [1.807, 2.05) is 11.0 Å². The van der Waals surface area contributed by atoms with Gasteiger partial charge in [0.2, 0.25) is 5.91 Å². The highest BCUT2D eigenvalue weighted by Gasteiger charge is 2.64. The second kappa shape index (κ2) is 19.2. The van der Waals surface area contributed by atoms with Crippen molar-refractivity contribution >= 4 is 34.9 Å². The van der Waals surface area contributed by atoms with Crippen molar-refractivity contribution in [2.45, 2.75) is 149 Å². The van der Waals surface area contributed by atoms with Crippen molar-refractivity contribution in [1.29, 1.82) is 5.26 Å². The summed E-state index contributed by atoms with van der Waals surface area (Å²) >= 11 is 6.27. The van der Waals surface area contributed by atoms with Gasteiger partial charge >= 0.3 is 6.01 Å². The van der Waals surface area contributed by atoms with E-state index in [1.165, 1.54) is 18.1 Å². The van der Waals surface area contributed by atoms with Crippen LogP contribution in [-0.2, 0) is 31.2 Å². The van der Waals surface area contributed by atoms with Gasteiger partial charge in [-0.2, -0.15) is 15.5 Å². The topological polar surface area (TPSA) is 160 Å². The molecule has 390 valence electrons. The number of hydrogen-bond acceptors (Lipinski definition) is 11. The van der Waals surface area contributed by atoms with Crippen LogP contribution in [0.4, 0.5) is 20.3 Å². The Labute approximate surface area is 436 Å². The number of nitrogens with one attached hydrogen (secondary N) is 1. The van der Waals surface area contributed by atoms with Gasteiger partial charge in [-0.25, -0.2) is 18.7 Å². The third-order valence-electron chi connectivity index (χ3n) is 17.7. The maximum absolute atomic E-state index is 14.8. The summed E-state index contributed by atoms with van der Waals surface area (Å²) in [5.41, 5.74) is 5.41. The van der Waals surface area contributed by atoms with Gasteiger partial charge in [0.1, 0.15) is 24.0 Å². The Bertz CT molecular complexity index is 2980. The minimum absolute atomic E-state index is 0.0102. The fraction of sp³-hybridized carbons (Fsp3) is 0.554. The smallest absolute Gasteiger partial charge is 0.316 e. The van der Waals surface area contributed by atoms with Crippen LogP contribution in [0.15, 0.2) is 55.1 Å². The molecule has 74 heavy (non-hydrogen) atoms. The summed E-state index contributed by atoms with van der Waals surface area (Å²) in [5.74, 6) is 1.14. The van der Waals surface area contributed by atoms with Gasteiger partial charge in [0.15, 0.2) is 5.82 Å². The van der Waals surface area contributed by atoms with Crippen molar-refractivity contribution in [3.05, 3.63) is 93.7 Å². The SMILES string of the molecule is CC(=O)N1CCc2c(c(N3CCCc4cc(-c5cnn(C)c5)c(C(F)F)cc43)nn2C2CCN(C3CCC4(CC3)CC(Oc3ncc(C(=O)NC5C(C)(C)C(Oc6ccc(C#N)c(Cl)c6)C5(C)C)cn3)C4)CC2)C1. The van der Waals surface area contributed by atoms with Crippen LogP contribution in [0.3, 0.4) is 0 Å². The van der Waals surface area contributed by atoms with Gasteiger partial charge in [-0.1, -0.05) is 39.3 Å². The molecule has 11 rings (SSSR count). The van der Waals surface area contributed by atoms with Gasteiger partial charge in [-0.15, -0.1) is 0 Å². The van der Waals surface area contributed by atoms with Crippen molar-refractivity contribution in [2.75, 3.05) is 31.1 Å². The molecule has 3 aromatic heterocycles. The van der Waals surface area contributed by atoms with E-state index < -0.39 is 17.3 Å². The predicted octanol–water partition coefficient (Wildman–Crippen LogP) is 9.94. The van der Waals surface area contributed by atoms with Crippen LogP contribution >= 0.6 is 11.6 Å². The quantitative estimate of drug-likeness (QED) is 0.134. The lowest BCUT2D eigenvalue weighted by molar-refractivity contribution is -0.164. The number of anilines is 2. The number of benzene rings is 2. The van der Waals surface area contributed by atoms with Crippen molar-refractivity contribution < 1.29 is 27.8 Å². The Morgan fingerprint density at radius 2 is 1.65 bits per heavy atom. The first-order valence-corrected chi connectivity index (χ1v) is 26.8. The molecule has 5 aromatic rings. The Balaban J connectivity index is 0.679. The number of piperidine rings is 1. The molecule has 0 atom stereocenters.